The summed E-state index contributed by atoms with van der Waals surface area (Å²) in [7, 11) is -2.54. The first-order valence-electron chi connectivity index (χ1n) is 5.78. The molecule has 7 N–H and O–H groups in total. The van der Waals surface area contributed by atoms with E-state index in [1.807, 2.05) is 0 Å². The van der Waals surface area contributed by atoms with E-state index in [1.165, 1.54) is 25.2 Å². The van der Waals surface area contributed by atoms with E-state index in [4.69, 9.17) is 5.73 Å². The predicted molar refractivity (Wildman–Crippen MR) is 74.7 cm³/mol. The fourth-order valence-electron chi connectivity index (χ4n) is 1.53. The Kier molecular flexibility index (Phi) is 5.31. The van der Waals surface area contributed by atoms with E-state index in [0.717, 1.165) is 0 Å². The SMILES string of the molecule is CNS(=O)(=O)c1cc(N)ccc1NC(CO)(CO)CO. The molecule has 0 saturated carbocycles. The first kappa shape index (κ1) is 16.7. The van der Waals surface area contributed by atoms with E-state index in [1.54, 1.807) is 0 Å². The van der Waals surface area contributed by atoms with E-state index in [0.29, 0.717) is 0 Å². The second-order valence-electron chi connectivity index (χ2n) is 4.34. The number of sulfonamides is 1. The summed E-state index contributed by atoms with van der Waals surface area (Å²) in [6, 6.07) is 4.11. The van der Waals surface area contributed by atoms with Gasteiger partial charge in [-0.25, -0.2) is 13.1 Å². The second-order valence-corrected chi connectivity index (χ2v) is 6.20. The molecule has 0 fully saturated rings. The van der Waals surface area contributed by atoms with Crippen LogP contribution in [-0.4, -0.2) is 56.1 Å². The van der Waals surface area contributed by atoms with Gasteiger partial charge >= 0.3 is 0 Å². The van der Waals surface area contributed by atoms with Crippen molar-refractivity contribution < 1.29 is 23.7 Å². The molecule has 0 unspecified atom stereocenters. The molecular formula is C11H19N3O5S. The van der Waals surface area contributed by atoms with Crippen molar-refractivity contribution in [3.8, 4) is 0 Å². The molecule has 0 aliphatic carbocycles. The van der Waals surface area contributed by atoms with Gasteiger partial charge in [-0.15, -0.1) is 0 Å². The smallest absolute Gasteiger partial charge is 0.242 e. The van der Waals surface area contributed by atoms with Crippen LogP contribution in [0.4, 0.5) is 11.4 Å². The van der Waals surface area contributed by atoms with Crippen LogP contribution >= 0.6 is 0 Å². The highest BCUT2D eigenvalue weighted by Gasteiger charge is 2.30. The van der Waals surface area contributed by atoms with Crippen molar-refractivity contribution in [1.29, 1.82) is 0 Å². The second kappa shape index (κ2) is 6.37. The van der Waals surface area contributed by atoms with E-state index < -0.39 is 35.4 Å². The van der Waals surface area contributed by atoms with Gasteiger partial charge < -0.3 is 26.4 Å². The van der Waals surface area contributed by atoms with Crippen LogP contribution in [0.15, 0.2) is 23.1 Å². The third-order valence-electron chi connectivity index (χ3n) is 2.87. The van der Waals surface area contributed by atoms with Crippen LogP contribution in [0.5, 0.6) is 0 Å². The van der Waals surface area contributed by atoms with Gasteiger partial charge in [0.15, 0.2) is 0 Å². The first-order chi connectivity index (χ1) is 9.34. The lowest BCUT2D eigenvalue weighted by atomic mass is 10.0. The molecule has 0 saturated heterocycles. The van der Waals surface area contributed by atoms with Gasteiger partial charge in [0.25, 0.3) is 0 Å². The Hall–Kier alpha value is -1.39. The number of nitrogen functional groups attached to an aromatic ring is 1. The van der Waals surface area contributed by atoms with Gasteiger partial charge in [-0.1, -0.05) is 0 Å². The zero-order valence-corrected chi connectivity index (χ0v) is 11.8. The fourth-order valence-corrected chi connectivity index (χ4v) is 2.45. The van der Waals surface area contributed by atoms with Gasteiger partial charge in [0, 0.05) is 5.69 Å². The molecule has 114 valence electrons. The zero-order valence-electron chi connectivity index (χ0n) is 11.0. The Balaban J connectivity index is 3.32. The fraction of sp³-hybridized carbons (Fsp3) is 0.455. The van der Waals surface area contributed by atoms with Gasteiger partial charge in [-0.3, -0.25) is 0 Å². The maximum absolute atomic E-state index is 11.9. The van der Waals surface area contributed by atoms with Gasteiger partial charge in [0.1, 0.15) is 10.4 Å². The summed E-state index contributed by atoms with van der Waals surface area (Å²) in [5, 5.41) is 30.5. The molecule has 9 heteroatoms. The van der Waals surface area contributed by atoms with E-state index >= 15 is 0 Å². The molecule has 8 nitrogen and oxygen atoms in total. The van der Waals surface area contributed by atoms with Crippen LogP contribution in [0, 0.1) is 0 Å². The summed E-state index contributed by atoms with van der Waals surface area (Å²) >= 11 is 0. The largest absolute Gasteiger partial charge is 0.399 e. The average molecular weight is 305 g/mol. The van der Waals surface area contributed by atoms with E-state index in [9.17, 15) is 23.7 Å². The zero-order chi connectivity index (χ0) is 15.4. The Labute approximate surface area is 117 Å². The van der Waals surface area contributed by atoms with Crippen LogP contribution in [0.3, 0.4) is 0 Å². The quantitative estimate of drug-likeness (QED) is 0.329. The Morgan fingerprint density at radius 1 is 1.20 bits per heavy atom. The minimum atomic E-state index is -3.79. The van der Waals surface area contributed by atoms with Crippen LogP contribution < -0.4 is 15.8 Å². The minimum Gasteiger partial charge on any atom is -0.399 e. The van der Waals surface area contributed by atoms with Gasteiger partial charge in [0.2, 0.25) is 10.0 Å². The number of aliphatic hydroxyl groups excluding tert-OH is 3. The normalized spacial score (nSPS) is 12.4. The van der Waals surface area contributed by atoms with Crippen LogP contribution in [0.1, 0.15) is 0 Å². The molecule has 0 aromatic heterocycles. The van der Waals surface area contributed by atoms with Crippen molar-refractivity contribution in [3.05, 3.63) is 18.2 Å². The Morgan fingerprint density at radius 2 is 1.75 bits per heavy atom. The summed E-state index contributed by atoms with van der Waals surface area (Å²) in [6.07, 6.45) is 0. The molecule has 1 rings (SSSR count). The lowest BCUT2D eigenvalue weighted by molar-refractivity contribution is 0.0832. The van der Waals surface area contributed by atoms with Crippen LogP contribution in [-0.2, 0) is 10.0 Å². The highest BCUT2D eigenvalue weighted by molar-refractivity contribution is 7.89. The molecule has 0 spiro atoms. The molecule has 0 aliphatic heterocycles. The molecule has 0 heterocycles. The molecule has 1 aromatic carbocycles. The summed E-state index contributed by atoms with van der Waals surface area (Å²) < 4.78 is 26.0. The lowest BCUT2D eigenvalue weighted by Crippen LogP contribution is -2.49. The van der Waals surface area contributed by atoms with Gasteiger partial charge in [-0.05, 0) is 25.2 Å². The molecule has 0 radical (unpaired) electrons. The van der Waals surface area contributed by atoms with Crippen LogP contribution in [0.2, 0.25) is 0 Å². The maximum Gasteiger partial charge on any atom is 0.242 e. The highest BCUT2D eigenvalue weighted by atomic mass is 32.2. The minimum absolute atomic E-state index is 0.116. The number of benzene rings is 1. The van der Waals surface area contributed by atoms with Gasteiger partial charge in [0.05, 0.1) is 25.5 Å². The van der Waals surface area contributed by atoms with Crippen molar-refractivity contribution in [2.45, 2.75) is 10.4 Å². The lowest BCUT2D eigenvalue weighted by Gasteiger charge is -2.30. The molecule has 20 heavy (non-hydrogen) atoms. The van der Waals surface area contributed by atoms with E-state index in [2.05, 4.69) is 10.0 Å². The molecule has 1 aromatic rings. The third kappa shape index (κ3) is 3.38. The monoisotopic (exact) mass is 305 g/mol. The molecular weight excluding hydrogens is 286 g/mol. The Bertz CT molecular complexity index is 549. The van der Waals surface area contributed by atoms with E-state index in [-0.39, 0.29) is 16.3 Å². The standard InChI is InChI=1S/C11H19N3O5S/c1-13-20(18,19)10-4-8(12)2-3-9(10)14-11(5-15,6-16)7-17/h2-4,13-17H,5-7,12H2,1H3. The summed E-state index contributed by atoms with van der Waals surface area (Å²) in [5.74, 6) is 0. The number of hydrogen-bond donors (Lipinski definition) is 6. The number of nitrogens with one attached hydrogen (secondary N) is 2. The summed E-state index contributed by atoms with van der Waals surface area (Å²) in [4.78, 5) is -0.139. The number of rotatable bonds is 7. The molecule has 0 aliphatic rings. The highest BCUT2D eigenvalue weighted by Crippen LogP contribution is 2.26. The molecule has 0 atom stereocenters. The van der Waals surface area contributed by atoms with Crippen molar-refractivity contribution in [1.82, 2.24) is 4.72 Å². The number of hydrogen-bond acceptors (Lipinski definition) is 7. The molecule has 0 amide bonds. The summed E-state index contributed by atoms with van der Waals surface area (Å²) in [5.41, 5.74) is 4.49. The molecule has 0 bridgehead atoms. The van der Waals surface area contributed by atoms with Crippen LogP contribution in [0.25, 0.3) is 0 Å². The van der Waals surface area contributed by atoms with Gasteiger partial charge in [-0.2, -0.15) is 0 Å². The van der Waals surface area contributed by atoms with Crippen molar-refractivity contribution in [2.75, 3.05) is 37.9 Å². The third-order valence-corrected chi connectivity index (χ3v) is 4.33. The number of anilines is 2. The number of aliphatic hydroxyl groups is 3. The average Bonchev–Trinajstić information content (AvgIpc) is 2.46. The van der Waals surface area contributed by atoms with Crippen molar-refractivity contribution in [2.24, 2.45) is 0 Å². The first-order valence-corrected chi connectivity index (χ1v) is 7.26. The van der Waals surface area contributed by atoms with Crippen molar-refractivity contribution >= 4 is 21.4 Å². The number of nitrogens with two attached hydrogens (primary N) is 1. The summed E-state index contributed by atoms with van der Waals surface area (Å²) in [6.45, 7) is -1.74. The topological polar surface area (TPSA) is 145 Å². The Morgan fingerprint density at radius 3 is 2.20 bits per heavy atom. The predicted octanol–water partition coefficient (Wildman–Crippen LogP) is -1.70. The maximum atomic E-state index is 11.9. The van der Waals surface area contributed by atoms with Crippen molar-refractivity contribution in [3.63, 3.8) is 0 Å².